The fraction of sp³-hybridized carbons (Fsp3) is 0.200. The number of nitrogens with zero attached hydrogens (tertiary/aromatic N) is 1. The molecule has 3 N–H and O–H groups in total. The monoisotopic (exact) mass is 271 g/mol. The van der Waals surface area contributed by atoms with Crippen LogP contribution >= 0.6 is 0 Å². The smallest absolute Gasteiger partial charge is 0.220 e. The van der Waals surface area contributed by atoms with Gasteiger partial charge in [0, 0.05) is 24.6 Å². The lowest BCUT2D eigenvalue weighted by Gasteiger charge is -2.08. The molecule has 0 saturated heterocycles. The van der Waals surface area contributed by atoms with Gasteiger partial charge < -0.3 is 15.8 Å². The van der Waals surface area contributed by atoms with Crippen molar-refractivity contribution in [3.63, 3.8) is 0 Å². The Hall–Kier alpha value is -2.56. The molecule has 1 amide bonds. The first-order valence-electron chi connectivity index (χ1n) is 6.38. The molecular weight excluding hydrogens is 254 g/mol. The molecule has 0 saturated carbocycles. The highest BCUT2D eigenvalue weighted by atomic mass is 16.5. The summed E-state index contributed by atoms with van der Waals surface area (Å²) >= 11 is 0. The average molecular weight is 271 g/mol. The third-order valence-electron chi connectivity index (χ3n) is 2.69. The van der Waals surface area contributed by atoms with Crippen molar-refractivity contribution in [3.05, 3.63) is 54.4 Å². The highest BCUT2D eigenvalue weighted by molar-refractivity contribution is 5.73. The summed E-state index contributed by atoms with van der Waals surface area (Å²) in [6.45, 7) is 1.02. The first-order chi connectivity index (χ1) is 9.74. The Kier molecular flexibility index (Phi) is 4.94. The number of pyridine rings is 1. The zero-order valence-electron chi connectivity index (χ0n) is 11.1. The van der Waals surface area contributed by atoms with Crippen LogP contribution in [-0.4, -0.2) is 17.5 Å². The van der Waals surface area contributed by atoms with Gasteiger partial charge in [-0.15, -0.1) is 0 Å². The van der Waals surface area contributed by atoms with Crippen molar-refractivity contribution in [2.45, 2.75) is 13.0 Å². The van der Waals surface area contributed by atoms with Gasteiger partial charge in [0.1, 0.15) is 5.75 Å². The lowest BCUT2D eigenvalue weighted by molar-refractivity contribution is -0.118. The van der Waals surface area contributed by atoms with Gasteiger partial charge in [0.25, 0.3) is 0 Å². The summed E-state index contributed by atoms with van der Waals surface area (Å²) in [6, 6.07) is 11.5. The number of anilines is 1. The molecule has 104 valence electrons. The van der Waals surface area contributed by atoms with E-state index in [1.54, 1.807) is 6.20 Å². The molecule has 20 heavy (non-hydrogen) atoms. The van der Waals surface area contributed by atoms with Crippen LogP contribution in [0.25, 0.3) is 0 Å². The Bertz CT molecular complexity index is 541. The van der Waals surface area contributed by atoms with Crippen LogP contribution in [0.1, 0.15) is 12.0 Å². The normalized spacial score (nSPS) is 10.0. The maximum absolute atomic E-state index is 10.6. The maximum atomic E-state index is 10.6. The molecule has 2 rings (SSSR count). The predicted octanol–water partition coefficient (Wildman–Crippen LogP) is 1.95. The van der Waals surface area contributed by atoms with Crippen molar-refractivity contribution in [1.29, 1.82) is 0 Å². The number of nitrogens with one attached hydrogen (secondary N) is 1. The minimum absolute atomic E-state index is 0.223. The largest absolute Gasteiger partial charge is 0.493 e. The second kappa shape index (κ2) is 7.13. The first-order valence-corrected chi connectivity index (χ1v) is 6.38. The van der Waals surface area contributed by atoms with E-state index in [0.29, 0.717) is 6.61 Å². The van der Waals surface area contributed by atoms with Crippen molar-refractivity contribution < 1.29 is 9.53 Å². The molecule has 0 aliphatic rings. The van der Waals surface area contributed by atoms with Crippen molar-refractivity contribution >= 4 is 11.6 Å². The lowest BCUT2D eigenvalue weighted by Crippen LogP contribution is -2.14. The lowest BCUT2D eigenvalue weighted by atomic mass is 10.2. The minimum Gasteiger partial charge on any atom is -0.493 e. The van der Waals surface area contributed by atoms with Crippen molar-refractivity contribution in [3.8, 4) is 5.75 Å². The van der Waals surface area contributed by atoms with E-state index < -0.39 is 0 Å². The quantitative estimate of drug-likeness (QED) is 0.807. The van der Waals surface area contributed by atoms with Crippen molar-refractivity contribution in [1.82, 2.24) is 4.98 Å². The van der Waals surface area contributed by atoms with E-state index in [9.17, 15) is 4.79 Å². The van der Waals surface area contributed by atoms with Crippen LogP contribution in [0.2, 0.25) is 0 Å². The van der Waals surface area contributed by atoms with Gasteiger partial charge in [0.15, 0.2) is 0 Å². The van der Waals surface area contributed by atoms with Crippen LogP contribution in [0.3, 0.4) is 0 Å². The summed E-state index contributed by atoms with van der Waals surface area (Å²) in [5.41, 5.74) is 7.16. The van der Waals surface area contributed by atoms with Gasteiger partial charge in [0.05, 0.1) is 13.0 Å². The van der Waals surface area contributed by atoms with E-state index in [-0.39, 0.29) is 12.3 Å². The minimum atomic E-state index is -0.361. The molecule has 0 radical (unpaired) electrons. The third kappa shape index (κ3) is 4.61. The fourth-order valence-electron chi connectivity index (χ4n) is 1.65. The summed E-state index contributed by atoms with van der Waals surface area (Å²) in [5.74, 6) is 0.359. The Balaban J connectivity index is 1.81. The van der Waals surface area contributed by atoms with Crippen LogP contribution in [0.4, 0.5) is 5.69 Å². The topological polar surface area (TPSA) is 77.2 Å². The highest BCUT2D eigenvalue weighted by Gasteiger charge is 1.98. The molecule has 0 bridgehead atoms. The number of amides is 1. The Morgan fingerprint density at radius 2 is 2.05 bits per heavy atom. The van der Waals surface area contributed by atoms with Crippen LogP contribution < -0.4 is 15.8 Å². The highest BCUT2D eigenvalue weighted by Crippen LogP contribution is 2.16. The van der Waals surface area contributed by atoms with Crippen molar-refractivity contribution in [2.75, 3.05) is 11.9 Å². The van der Waals surface area contributed by atoms with Crippen LogP contribution in [0, 0.1) is 0 Å². The second-order valence-electron chi connectivity index (χ2n) is 4.30. The first kappa shape index (κ1) is 13.9. The fourth-order valence-corrected chi connectivity index (χ4v) is 1.65. The van der Waals surface area contributed by atoms with Gasteiger partial charge in [0.2, 0.25) is 5.91 Å². The Labute approximate surface area is 117 Å². The SMILES string of the molecule is NC(=O)CCOc1ccc(NCc2cccnc2)cc1. The van der Waals surface area contributed by atoms with Gasteiger partial charge >= 0.3 is 0 Å². The number of primary amides is 1. The molecule has 0 fully saturated rings. The summed E-state index contributed by atoms with van der Waals surface area (Å²) in [5, 5.41) is 3.29. The molecule has 5 heteroatoms. The summed E-state index contributed by atoms with van der Waals surface area (Å²) < 4.78 is 5.40. The third-order valence-corrected chi connectivity index (χ3v) is 2.69. The maximum Gasteiger partial charge on any atom is 0.220 e. The molecule has 1 heterocycles. The number of carbonyl (C=O) groups excluding carboxylic acids is 1. The van der Waals surface area contributed by atoms with Gasteiger partial charge in [-0.1, -0.05) is 6.07 Å². The van der Waals surface area contributed by atoms with Crippen molar-refractivity contribution in [2.24, 2.45) is 5.73 Å². The zero-order valence-corrected chi connectivity index (χ0v) is 11.1. The van der Waals surface area contributed by atoms with Crippen LogP contribution in [0.15, 0.2) is 48.8 Å². The van der Waals surface area contributed by atoms with E-state index in [2.05, 4.69) is 10.3 Å². The molecular formula is C15H17N3O2. The molecule has 0 aliphatic heterocycles. The van der Waals surface area contributed by atoms with E-state index in [4.69, 9.17) is 10.5 Å². The number of ether oxygens (including phenoxy) is 1. The molecule has 0 aliphatic carbocycles. The number of hydrogen-bond donors (Lipinski definition) is 2. The number of hydrogen-bond acceptors (Lipinski definition) is 4. The second-order valence-corrected chi connectivity index (χ2v) is 4.30. The Morgan fingerprint density at radius 3 is 2.70 bits per heavy atom. The predicted molar refractivity (Wildman–Crippen MR) is 77.3 cm³/mol. The number of rotatable bonds is 7. The van der Waals surface area contributed by atoms with Crippen LogP contribution in [0.5, 0.6) is 5.75 Å². The van der Waals surface area contributed by atoms with Gasteiger partial charge in [-0.25, -0.2) is 0 Å². The number of carbonyl (C=O) groups is 1. The standard InChI is InChI=1S/C15H17N3O2/c16-15(19)7-9-20-14-5-3-13(4-6-14)18-11-12-2-1-8-17-10-12/h1-6,8,10,18H,7,9,11H2,(H2,16,19). The summed E-state index contributed by atoms with van der Waals surface area (Å²) in [7, 11) is 0. The molecule has 1 aromatic carbocycles. The zero-order chi connectivity index (χ0) is 14.2. The van der Waals surface area contributed by atoms with Gasteiger partial charge in [-0.3, -0.25) is 9.78 Å². The van der Waals surface area contributed by atoms with E-state index in [0.717, 1.165) is 23.5 Å². The summed E-state index contributed by atoms with van der Waals surface area (Å²) in [6.07, 6.45) is 3.80. The van der Waals surface area contributed by atoms with E-state index >= 15 is 0 Å². The number of nitrogens with two attached hydrogens (primary N) is 1. The molecule has 0 spiro atoms. The average Bonchev–Trinajstić information content (AvgIpc) is 2.47. The molecule has 0 atom stereocenters. The molecule has 0 unspecified atom stereocenters. The van der Waals surface area contributed by atoms with Gasteiger partial charge in [-0.2, -0.15) is 0 Å². The molecule has 1 aromatic heterocycles. The molecule has 2 aromatic rings. The van der Waals surface area contributed by atoms with E-state index in [1.807, 2.05) is 42.6 Å². The Morgan fingerprint density at radius 1 is 1.25 bits per heavy atom. The van der Waals surface area contributed by atoms with Crippen LogP contribution in [-0.2, 0) is 11.3 Å². The molecule has 5 nitrogen and oxygen atoms in total. The van der Waals surface area contributed by atoms with Gasteiger partial charge in [-0.05, 0) is 35.9 Å². The number of benzene rings is 1. The summed E-state index contributed by atoms with van der Waals surface area (Å²) in [4.78, 5) is 14.7. The number of aromatic nitrogens is 1. The van der Waals surface area contributed by atoms with E-state index in [1.165, 1.54) is 0 Å².